The van der Waals surface area contributed by atoms with Crippen LogP contribution in [0.1, 0.15) is 32.1 Å². The van der Waals surface area contributed by atoms with Crippen molar-refractivity contribution in [3.63, 3.8) is 0 Å². The zero-order valence-electron chi connectivity index (χ0n) is 15.9. The molecule has 0 aromatic heterocycles. The number of ether oxygens (including phenoxy) is 3. The zero-order valence-corrected chi connectivity index (χ0v) is 16.8. The van der Waals surface area contributed by atoms with Crippen LogP contribution in [-0.2, 0) is 23.8 Å². The van der Waals surface area contributed by atoms with Crippen molar-refractivity contribution in [3.8, 4) is 0 Å². The smallest absolute Gasteiger partial charge is 0.241 e. The normalized spacial score (nSPS) is 20.4. The molecule has 0 spiro atoms. The average molecular weight is 407 g/mol. The highest BCUT2D eigenvalue weighted by atomic mass is 32.1. The molecule has 1 atom stereocenters. The Morgan fingerprint density at radius 2 is 2.14 bits per heavy atom. The number of carbonyl (C=O) groups excluding carboxylic acids is 2. The number of unbranched alkanes of at least 4 members (excludes halogenated alkanes) is 2. The lowest BCUT2D eigenvalue weighted by atomic mass is 9.93. The maximum Gasteiger partial charge on any atom is 0.241 e. The molecule has 3 aliphatic rings. The molecule has 0 saturated carbocycles. The molecular weight excluding hydrogens is 382 g/mol. The van der Waals surface area contributed by atoms with E-state index in [1.54, 1.807) is 24.2 Å². The molecule has 1 fully saturated rings. The summed E-state index contributed by atoms with van der Waals surface area (Å²) in [6.07, 6.45) is 7.12. The van der Waals surface area contributed by atoms with Gasteiger partial charge in [-0.2, -0.15) is 0 Å². The van der Waals surface area contributed by atoms with Crippen LogP contribution in [0, 0.1) is 5.92 Å². The van der Waals surface area contributed by atoms with Gasteiger partial charge in [-0.15, -0.1) is 0 Å². The second kappa shape index (κ2) is 9.79. The molecular formula is C19H25N3O5S. The minimum absolute atomic E-state index is 0.0464. The lowest BCUT2D eigenvalue weighted by Crippen LogP contribution is -2.46. The van der Waals surface area contributed by atoms with E-state index in [0.717, 1.165) is 25.7 Å². The molecule has 2 aliphatic heterocycles. The summed E-state index contributed by atoms with van der Waals surface area (Å²) in [5.74, 6) is 0.653. The zero-order chi connectivity index (χ0) is 19.9. The largest absolute Gasteiger partial charge is 0.454 e. The average Bonchev–Trinajstić information content (AvgIpc) is 3.13. The molecule has 1 saturated heterocycles. The highest BCUT2D eigenvalue weighted by molar-refractivity contribution is 7.80. The fourth-order valence-electron chi connectivity index (χ4n) is 3.21. The summed E-state index contributed by atoms with van der Waals surface area (Å²) in [4.78, 5) is 30.5. The fourth-order valence-corrected chi connectivity index (χ4v) is 3.49. The van der Waals surface area contributed by atoms with E-state index in [4.69, 9.17) is 26.4 Å². The quantitative estimate of drug-likeness (QED) is 0.438. The number of allylic oxidation sites excluding steroid dienone is 1. The van der Waals surface area contributed by atoms with E-state index in [1.165, 1.54) is 0 Å². The molecule has 9 heteroatoms. The van der Waals surface area contributed by atoms with Gasteiger partial charge in [0.15, 0.2) is 11.5 Å². The number of nitrogens with one attached hydrogen (secondary N) is 1. The van der Waals surface area contributed by atoms with E-state index in [-0.39, 0.29) is 23.7 Å². The van der Waals surface area contributed by atoms with Gasteiger partial charge in [0, 0.05) is 39.3 Å². The lowest BCUT2D eigenvalue weighted by molar-refractivity contribution is -0.128. The van der Waals surface area contributed by atoms with Crippen LogP contribution >= 0.6 is 12.2 Å². The number of hydrogen-bond acceptors (Lipinski definition) is 6. The number of carbonyl (C=O) groups is 2. The Morgan fingerprint density at radius 3 is 2.96 bits per heavy atom. The predicted molar refractivity (Wildman–Crippen MR) is 106 cm³/mol. The first-order valence-corrected chi connectivity index (χ1v) is 9.90. The number of amides is 2. The van der Waals surface area contributed by atoms with Crippen molar-refractivity contribution in [2.45, 2.75) is 32.1 Å². The maximum absolute atomic E-state index is 12.8. The van der Waals surface area contributed by atoms with Gasteiger partial charge < -0.3 is 19.5 Å². The van der Waals surface area contributed by atoms with Gasteiger partial charge in [-0.3, -0.25) is 14.5 Å². The Morgan fingerprint density at radius 1 is 1.32 bits per heavy atom. The number of aliphatic imine (C=N–C) groups is 1. The molecule has 3 rings (SSSR count). The summed E-state index contributed by atoms with van der Waals surface area (Å²) in [5, 5.41) is 3.14. The summed E-state index contributed by atoms with van der Waals surface area (Å²) in [5.41, 5.74) is 0.598. The van der Waals surface area contributed by atoms with Crippen molar-refractivity contribution in [2.24, 2.45) is 10.9 Å². The van der Waals surface area contributed by atoms with Crippen LogP contribution in [0.3, 0.4) is 0 Å². The van der Waals surface area contributed by atoms with E-state index in [2.05, 4.69) is 10.3 Å². The van der Waals surface area contributed by atoms with Crippen LogP contribution in [0.5, 0.6) is 0 Å². The number of methoxy groups -OCH3 is 1. The molecule has 1 N–H and O–H groups in total. The number of fused-ring (bicyclic) bond motifs is 2. The third kappa shape index (κ3) is 4.96. The lowest BCUT2D eigenvalue weighted by Gasteiger charge is -2.30. The molecule has 8 nitrogen and oxygen atoms in total. The van der Waals surface area contributed by atoms with Crippen molar-refractivity contribution >= 4 is 34.9 Å². The highest BCUT2D eigenvalue weighted by Gasteiger charge is 2.38. The molecule has 28 heavy (non-hydrogen) atoms. The van der Waals surface area contributed by atoms with Crippen LogP contribution in [0.15, 0.2) is 28.7 Å². The highest BCUT2D eigenvalue weighted by Crippen LogP contribution is 2.31. The van der Waals surface area contributed by atoms with Crippen molar-refractivity contribution in [3.05, 3.63) is 23.7 Å². The minimum Gasteiger partial charge on any atom is -0.454 e. The molecule has 1 unspecified atom stereocenters. The van der Waals surface area contributed by atoms with Gasteiger partial charge in [-0.1, -0.05) is 6.42 Å². The van der Waals surface area contributed by atoms with Crippen LogP contribution in [0.4, 0.5) is 0 Å². The molecule has 0 radical (unpaired) electrons. The van der Waals surface area contributed by atoms with Gasteiger partial charge in [0.05, 0.1) is 5.71 Å². The van der Waals surface area contributed by atoms with E-state index >= 15 is 0 Å². The van der Waals surface area contributed by atoms with Crippen molar-refractivity contribution < 1.29 is 23.8 Å². The summed E-state index contributed by atoms with van der Waals surface area (Å²) in [6.45, 7) is 1.92. The Bertz CT molecular complexity index is 731. The summed E-state index contributed by atoms with van der Waals surface area (Å²) < 4.78 is 15.6. The Balaban J connectivity index is 1.41. The van der Waals surface area contributed by atoms with E-state index in [1.807, 2.05) is 0 Å². The molecule has 152 valence electrons. The van der Waals surface area contributed by atoms with Gasteiger partial charge in [0.1, 0.15) is 5.92 Å². The first-order valence-electron chi connectivity index (χ1n) is 9.49. The van der Waals surface area contributed by atoms with Crippen LogP contribution in [0.2, 0.25) is 0 Å². The maximum atomic E-state index is 12.8. The third-order valence-corrected chi connectivity index (χ3v) is 5.02. The van der Waals surface area contributed by atoms with Gasteiger partial charge >= 0.3 is 0 Å². The fraction of sp³-hybridized carbons (Fsp3) is 0.579. The summed E-state index contributed by atoms with van der Waals surface area (Å²) in [7, 11) is 1.64. The van der Waals surface area contributed by atoms with Crippen LogP contribution < -0.4 is 5.32 Å². The monoisotopic (exact) mass is 407 g/mol. The molecule has 0 aromatic carbocycles. The second-order valence-corrected chi connectivity index (χ2v) is 7.10. The molecule has 1 aliphatic carbocycles. The van der Waals surface area contributed by atoms with Gasteiger partial charge in [0.2, 0.25) is 23.7 Å². The van der Waals surface area contributed by atoms with Gasteiger partial charge in [-0.05, 0) is 37.6 Å². The molecule has 0 aromatic rings. The molecule has 2 amide bonds. The topological polar surface area (TPSA) is 89.5 Å². The molecule has 2 heterocycles. The second-order valence-electron chi connectivity index (χ2n) is 6.74. The number of hydrogen-bond donors (Lipinski definition) is 1. The number of thiocarbonyl (C=S) groups is 1. The standard InChI is InChI=1S/C19H25N3O5S/c1-25-9-5-7-20-17(23)6-3-2-4-8-22-18(24)13-10-15-16(27-12-26-15)11-14(13)21-19(22)28/h10-11,13H,2-9,12H2,1H3,(H,20,23). The van der Waals surface area contributed by atoms with Crippen molar-refractivity contribution in [2.75, 3.05) is 33.6 Å². The minimum atomic E-state index is -0.481. The van der Waals surface area contributed by atoms with Crippen molar-refractivity contribution in [1.82, 2.24) is 10.2 Å². The third-order valence-electron chi connectivity index (χ3n) is 4.71. The van der Waals surface area contributed by atoms with Crippen LogP contribution in [-0.4, -0.2) is 61.1 Å². The Hall–Kier alpha value is -2.26. The van der Waals surface area contributed by atoms with Crippen molar-refractivity contribution in [1.29, 1.82) is 0 Å². The van der Waals surface area contributed by atoms with E-state index in [0.29, 0.717) is 43.3 Å². The van der Waals surface area contributed by atoms with Crippen LogP contribution in [0.25, 0.3) is 0 Å². The van der Waals surface area contributed by atoms with Gasteiger partial charge in [-0.25, -0.2) is 4.99 Å². The van der Waals surface area contributed by atoms with E-state index < -0.39 is 5.92 Å². The SMILES string of the molecule is COCCCNC(=O)CCCCCN1C(=O)C2C=C3OCOC3=CC2=NC1=S. The summed E-state index contributed by atoms with van der Waals surface area (Å²) in [6, 6.07) is 0. The first-order chi connectivity index (χ1) is 13.6. The Labute approximate surface area is 169 Å². The molecule has 0 bridgehead atoms. The predicted octanol–water partition coefficient (Wildman–Crippen LogP) is 1.67. The number of nitrogens with zero attached hydrogens (tertiary/aromatic N) is 2. The van der Waals surface area contributed by atoms with E-state index in [9.17, 15) is 9.59 Å². The van der Waals surface area contributed by atoms with Gasteiger partial charge in [0.25, 0.3) is 0 Å². The summed E-state index contributed by atoms with van der Waals surface area (Å²) >= 11 is 5.30. The first kappa shape index (κ1) is 20.5. The Kier molecular flexibility index (Phi) is 7.16. The number of rotatable bonds is 10.